The minimum Gasteiger partial charge on any atom is -0.316 e. The summed E-state index contributed by atoms with van der Waals surface area (Å²) in [5, 5.41) is 3.60. The van der Waals surface area contributed by atoms with Gasteiger partial charge in [0, 0.05) is 6.54 Å². The Morgan fingerprint density at radius 1 is 1.16 bits per heavy atom. The molecule has 1 aromatic rings. The quantitative estimate of drug-likeness (QED) is 0.723. The van der Waals surface area contributed by atoms with E-state index in [2.05, 4.69) is 47.5 Å². The Labute approximate surface area is 118 Å². The van der Waals surface area contributed by atoms with Crippen LogP contribution >= 0.6 is 0 Å². The molecule has 0 saturated carbocycles. The molecule has 1 fully saturated rings. The van der Waals surface area contributed by atoms with E-state index in [-0.39, 0.29) is 0 Å². The molecule has 1 aliphatic heterocycles. The molecule has 2 rings (SSSR count). The Bertz CT molecular complexity index is 330. The zero-order valence-corrected chi connectivity index (χ0v) is 12.3. The van der Waals surface area contributed by atoms with Gasteiger partial charge in [-0.25, -0.2) is 0 Å². The van der Waals surface area contributed by atoms with Crippen molar-refractivity contribution in [3.63, 3.8) is 0 Å². The Morgan fingerprint density at radius 2 is 1.89 bits per heavy atom. The lowest BCUT2D eigenvalue weighted by Gasteiger charge is -2.20. The maximum atomic E-state index is 3.60. The number of nitrogens with one attached hydrogen (secondary N) is 1. The largest absolute Gasteiger partial charge is 0.316 e. The third-order valence-electron chi connectivity index (χ3n) is 3.92. The molecular formula is C17H28N2. The SMILES string of the molecule is CC(CNCCCc1ccccc1)CN1CCCC1. The molecule has 0 aromatic heterocycles. The summed E-state index contributed by atoms with van der Waals surface area (Å²) in [4.78, 5) is 2.61. The topological polar surface area (TPSA) is 15.3 Å². The minimum absolute atomic E-state index is 0.773. The molecule has 1 aromatic carbocycles. The highest BCUT2D eigenvalue weighted by Gasteiger charge is 2.13. The van der Waals surface area contributed by atoms with Crippen molar-refractivity contribution in [2.45, 2.75) is 32.6 Å². The summed E-state index contributed by atoms with van der Waals surface area (Å²) in [6.45, 7) is 8.56. The fourth-order valence-electron chi connectivity index (χ4n) is 2.88. The molecular weight excluding hydrogens is 232 g/mol. The van der Waals surface area contributed by atoms with E-state index in [0.29, 0.717) is 0 Å². The highest BCUT2D eigenvalue weighted by atomic mass is 15.1. The first-order valence-electron chi connectivity index (χ1n) is 7.81. The van der Waals surface area contributed by atoms with Gasteiger partial charge in [0.05, 0.1) is 0 Å². The number of hydrogen-bond donors (Lipinski definition) is 1. The second-order valence-corrected chi connectivity index (χ2v) is 5.91. The molecule has 1 heterocycles. The molecule has 0 bridgehead atoms. The second-order valence-electron chi connectivity index (χ2n) is 5.91. The van der Waals surface area contributed by atoms with Crippen molar-refractivity contribution in [1.82, 2.24) is 10.2 Å². The van der Waals surface area contributed by atoms with Crippen molar-refractivity contribution in [3.8, 4) is 0 Å². The number of nitrogens with zero attached hydrogens (tertiary/aromatic N) is 1. The average molecular weight is 260 g/mol. The summed E-state index contributed by atoms with van der Waals surface area (Å²) in [5.41, 5.74) is 1.45. The average Bonchev–Trinajstić information content (AvgIpc) is 2.92. The van der Waals surface area contributed by atoms with Crippen LogP contribution in [0.1, 0.15) is 31.7 Å². The zero-order chi connectivity index (χ0) is 13.3. The maximum absolute atomic E-state index is 3.60. The normalized spacial score (nSPS) is 17.7. The van der Waals surface area contributed by atoms with Gasteiger partial charge in [-0.2, -0.15) is 0 Å². The number of benzene rings is 1. The second kappa shape index (κ2) is 8.34. The van der Waals surface area contributed by atoms with Gasteiger partial charge in [0.1, 0.15) is 0 Å². The van der Waals surface area contributed by atoms with Crippen LogP contribution in [0.5, 0.6) is 0 Å². The molecule has 2 heteroatoms. The van der Waals surface area contributed by atoms with Crippen molar-refractivity contribution < 1.29 is 0 Å². The monoisotopic (exact) mass is 260 g/mol. The zero-order valence-electron chi connectivity index (χ0n) is 12.3. The predicted molar refractivity (Wildman–Crippen MR) is 82.5 cm³/mol. The number of hydrogen-bond acceptors (Lipinski definition) is 2. The summed E-state index contributed by atoms with van der Waals surface area (Å²) in [7, 11) is 0. The molecule has 19 heavy (non-hydrogen) atoms. The molecule has 2 nitrogen and oxygen atoms in total. The van der Waals surface area contributed by atoms with Gasteiger partial charge in [0.15, 0.2) is 0 Å². The number of aryl methyl sites for hydroxylation is 1. The van der Waals surface area contributed by atoms with Crippen LogP contribution in [-0.4, -0.2) is 37.6 Å². The first kappa shape index (κ1) is 14.5. The van der Waals surface area contributed by atoms with E-state index in [0.717, 1.165) is 19.0 Å². The molecule has 1 N–H and O–H groups in total. The summed E-state index contributed by atoms with van der Waals surface area (Å²) in [6.07, 6.45) is 5.23. The molecule has 0 spiro atoms. The third-order valence-corrected chi connectivity index (χ3v) is 3.92. The lowest BCUT2D eigenvalue weighted by molar-refractivity contribution is 0.283. The molecule has 0 aliphatic carbocycles. The van der Waals surface area contributed by atoms with E-state index in [1.807, 2.05) is 0 Å². The van der Waals surface area contributed by atoms with Crippen LogP contribution in [0.4, 0.5) is 0 Å². The Morgan fingerprint density at radius 3 is 2.63 bits per heavy atom. The Kier molecular flexibility index (Phi) is 6.38. The van der Waals surface area contributed by atoms with E-state index in [1.54, 1.807) is 0 Å². The predicted octanol–water partition coefficient (Wildman–Crippen LogP) is 2.94. The van der Waals surface area contributed by atoms with Gasteiger partial charge in [-0.3, -0.25) is 0 Å². The minimum atomic E-state index is 0.773. The van der Waals surface area contributed by atoms with Gasteiger partial charge in [-0.1, -0.05) is 37.3 Å². The van der Waals surface area contributed by atoms with Crippen LogP contribution in [0.15, 0.2) is 30.3 Å². The van der Waals surface area contributed by atoms with Crippen molar-refractivity contribution in [1.29, 1.82) is 0 Å². The molecule has 1 unspecified atom stereocenters. The van der Waals surface area contributed by atoms with E-state index < -0.39 is 0 Å². The lowest BCUT2D eigenvalue weighted by Crippen LogP contribution is -2.32. The number of rotatable bonds is 8. The first-order valence-corrected chi connectivity index (χ1v) is 7.81. The molecule has 1 saturated heterocycles. The molecule has 0 amide bonds. The third kappa shape index (κ3) is 5.75. The van der Waals surface area contributed by atoms with Crippen LogP contribution < -0.4 is 5.32 Å². The number of likely N-dealkylation sites (tertiary alicyclic amines) is 1. The van der Waals surface area contributed by atoms with Crippen LogP contribution in [0.2, 0.25) is 0 Å². The summed E-state index contributed by atoms with van der Waals surface area (Å²) in [6, 6.07) is 10.8. The molecule has 1 atom stereocenters. The standard InChI is InChI=1S/C17H28N2/c1-16(15-19-12-5-6-13-19)14-18-11-7-10-17-8-3-2-4-9-17/h2-4,8-9,16,18H,5-7,10-15H2,1H3. The van der Waals surface area contributed by atoms with Crippen molar-refractivity contribution in [2.24, 2.45) is 5.92 Å². The Balaban J connectivity index is 1.49. The highest BCUT2D eigenvalue weighted by molar-refractivity contribution is 5.14. The van der Waals surface area contributed by atoms with Crippen LogP contribution in [-0.2, 0) is 6.42 Å². The first-order chi connectivity index (χ1) is 9.34. The maximum Gasteiger partial charge on any atom is 0.00191 e. The Hall–Kier alpha value is -0.860. The summed E-state index contributed by atoms with van der Waals surface area (Å²) < 4.78 is 0. The fourth-order valence-corrected chi connectivity index (χ4v) is 2.88. The van der Waals surface area contributed by atoms with Crippen LogP contribution in [0.25, 0.3) is 0 Å². The van der Waals surface area contributed by atoms with Crippen molar-refractivity contribution >= 4 is 0 Å². The van der Waals surface area contributed by atoms with Gasteiger partial charge in [-0.05, 0) is 63.3 Å². The smallest absolute Gasteiger partial charge is 0.00191 e. The summed E-state index contributed by atoms with van der Waals surface area (Å²) >= 11 is 0. The van der Waals surface area contributed by atoms with Crippen LogP contribution in [0.3, 0.4) is 0 Å². The van der Waals surface area contributed by atoms with Crippen molar-refractivity contribution in [3.05, 3.63) is 35.9 Å². The molecule has 1 aliphatic rings. The fraction of sp³-hybridized carbons (Fsp3) is 0.647. The summed E-state index contributed by atoms with van der Waals surface area (Å²) in [5.74, 6) is 0.773. The lowest BCUT2D eigenvalue weighted by atomic mass is 10.1. The van der Waals surface area contributed by atoms with Crippen molar-refractivity contribution in [2.75, 3.05) is 32.7 Å². The van der Waals surface area contributed by atoms with E-state index in [1.165, 1.54) is 50.9 Å². The van der Waals surface area contributed by atoms with Gasteiger partial charge >= 0.3 is 0 Å². The van der Waals surface area contributed by atoms with Gasteiger partial charge < -0.3 is 10.2 Å². The van der Waals surface area contributed by atoms with Gasteiger partial charge in [0.25, 0.3) is 0 Å². The van der Waals surface area contributed by atoms with Gasteiger partial charge in [0.2, 0.25) is 0 Å². The molecule has 0 radical (unpaired) electrons. The van der Waals surface area contributed by atoms with Crippen LogP contribution in [0, 0.1) is 5.92 Å². The highest BCUT2D eigenvalue weighted by Crippen LogP contribution is 2.09. The van der Waals surface area contributed by atoms with E-state index in [4.69, 9.17) is 0 Å². The van der Waals surface area contributed by atoms with Gasteiger partial charge in [-0.15, -0.1) is 0 Å². The molecule has 106 valence electrons. The van der Waals surface area contributed by atoms with E-state index in [9.17, 15) is 0 Å². The van der Waals surface area contributed by atoms with E-state index >= 15 is 0 Å².